The minimum Gasteiger partial charge on any atom is -0.374 e. The summed E-state index contributed by atoms with van der Waals surface area (Å²) in [4.78, 5) is 2.32. The van der Waals surface area contributed by atoms with E-state index >= 15 is 0 Å². The molecule has 2 nitrogen and oxygen atoms in total. The zero-order chi connectivity index (χ0) is 11.3. The van der Waals surface area contributed by atoms with E-state index in [0.29, 0.717) is 11.3 Å². The van der Waals surface area contributed by atoms with Crippen molar-refractivity contribution in [3.8, 4) is 0 Å². The van der Waals surface area contributed by atoms with Crippen molar-refractivity contribution in [1.82, 2.24) is 0 Å². The number of halogens is 1. The lowest BCUT2D eigenvalue weighted by Gasteiger charge is -2.34. The van der Waals surface area contributed by atoms with Crippen LogP contribution >= 0.6 is 11.6 Å². The molecule has 1 heterocycles. The van der Waals surface area contributed by atoms with Gasteiger partial charge >= 0.3 is 0 Å². The first kappa shape index (κ1) is 10.4. The minimum atomic E-state index is 0.349. The Bertz CT molecular complexity index is 432. The van der Waals surface area contributed by atoms with Gasteiger partial charge in [-0.2, -0.15) is 0 Å². The van der Waals surface area contributed by atoms with Gasteiger partial charge in [-0.25, -0.2) is 0 Å². The van der Waals surface area contributed by atoms with Crippen molar-refractivity contribution < 1.29 is 0 Å². The number of nitrogens with two attached hydrogens (primary N) is 1. The van der Waals surface area contributed by atoms with Gasteiger partial charge in [0.15, 0.2) is 0 Å². The second kappa shape index (κ2) is 3.38. The number of hydrogen-bond acceptors (Lipinski definition) is 2. The summed E-state index contributed by atoms with van der Waals surface area (Å²) in [7, 11) is 2.15. The van der Waals surface area contributed by atoms with Gasteiger partial charge in [-0.3, -0.25) is 0 Å². The van der Waals surface area contributed by atoms with Gasteiger partial charge in [0.25, 0.3) is 0 Å². The molecule has 0 saturated heterocycles. The molecule has 1 aromatic rings. The molecule has 1 saturated carbocycles. The van der Waals surface area contributed by atoms with E-state index < -0.39 is 0 Å². The molecule has 1 fully saturated rings. The highest BCUT2D eigenvalue weighted by molar-refractivity contribution is 6.30. The Morgan fingerprint density at radius 2 is 2.38 bits per heavy atom. The Morgan fingerprint density at radius 1 is 1.56 bits per heavy atom. The second-order valence-corrected chi connectivity index (χ2v) is 5.56. The molecule has 1 spiro atoms. The highest BCUT2D eigenvalue weighted by atomic mass is 35.5. The molecule has 2 unspecified atom stereocenters. The molecule has 1 aliphatic carbocycles. The first-order valence-corrected chi connectivity index (χ1v) is 6.26. The van der Waals surface area contributed by atoms with Crippen LogP contribution in [0, 0.1) is 5.92 Å². The predicted octanol–water partition coefficient (Wildman–Crippen LogP) is 2.40. The van der Waals surface area contributed by atoms with Crippen molar-refractivity contribution in [2.45, 2.75) is 18.3 Å². The monoisotopic (exact) mass is 236 g/mol. The van der Waals surface area contributed by atoms with Crippen molar-refractivity contribution in [3.63, 3.8) is 0 Å². The van der Waals surface area contributed by atoms with Crippen LogP contribution in [0.4, 0.5) is 5.69 Å². The van der Waals surface area contributed by atoms with E-state index in [4.69, 9.17) is 17.3 Å². The van der Waals surface area contributed by atoms with E-state index in [1.54, 1.807) is 0 Å². The summed E-state index contributed by atoms with van der Waals surface area (Å²) < 4.78 is 0. The Morgan fingerprint density at radius 3 is 3.06 bits per heavy atom. The van der Waals surface area contributed by atoms with Crippen LogP contribution in [-0.2, 0) is 5.41 Å². The lowest BCUT2D eigenvalue weighted by molar-refractivity contribution is 0.534. The van der Waals surface area contributed by atoms with Crippen LogP contribution in [0.3, 0.4) is 0 Å². The Kier molecular flexibility index (Phi) is 2.20. The first-order valence-electron chi connectivity index (χ1n) is 5.88. The highest BCUT2D eigenvalue weighted by Gasteiger charge is 2.56. The summed E-state index contributed by atoms with van der Waals surface area (Å²) >= 11 is 6.12. The number of anilines is 1. The van der Waals surface area contributed by atoms with Crippen molar-refractivity contribution in [2.75, 3.05) is 25.0 Å². The first-order chi connectivity index (χ1) is 7.67. The van der Waals surface area contributed by atoms with Gasteiger partial charge in [-0.05, 0) is 49.1 Å². The number of benzene rings is 1. The molecule has 0 aromatic heterocycles. The highest BCUT2D eigenvalue weighted by Crippen LogP contribution is 2.60. The van der Waals surface area contributed by atoms with Gasteiger partial charge in [0.1, 0.15) is 0 Å². The zero-order valence-electron chi connectivity index (χ0n) is 9.54. The van der Waals surface area contributed by atoms with E-state index in [2.05, 4.69) is 24.1 Å². The quantitative estimate of drug-likeness (QED) is 0.812. The molecule has 3 heteroatoms. The van der Waals surface area contributed by atoms with Crippen molar-refractivity contribution in [2.24, 2.45) is 11.7 Å². The fraction of sp³-hybridized carbons (Fsp3) is 0.538. The maximum atomic E-state index is 6.12. The molecule has 0 amide bonds. The van der Waals surface area contributed by atoms with Gasteiger partial charge in [0, 0.05) is 29.7 Å². The largest absolute Gasteiger partial charge is 0.374 e. The maximum absolute atomic E-state index is 6.12. The molecule has 3 rings (SSSR count). The summed E-state index contributed by atoms with van der Waals surface area (Å²) in [6.45, 7) is 1.93. The smallest absolute Gasteiger partial charge is 0.0410 e. The number of rotatable bonds is 1. The third-order valence-corrected chi connectivity index (χ3v) is 4.55. The molecule has 0 bridgehead atoms. The minimum absolute atomic E-state index is 0.349. The molecular weight excluding hydrogens is 220 g/mol. The van der Waals surface area contributed by atoms with E-state index in [0.717, 1.165) is 18.1 Å². The normalized spacial score (nSPS) is 31.7. The average Bonchev–Trinajstić information content (AvgIpc) is 2.99. The van der Waals surface area contributed by atoms with Crippen LogP contribution in [0.2, 0.25) is 5.02 Å². The summed E-state index contributed by atoms with van der Waals surface area (Å²) in [5.41, 5.74) is 8.93. The average molecular weight is 237 g/mol. The van der Waals surface area contributed by atoms with E-state index in [1.807, 2.05) is 6.07 Å². The standard InChI is InChI=1S/C13H17ClN2/c1-16-5-4-13(7-9(13)8-15)11-6-10(14)2-3-12(11)16/h2-3,6,9H,4-5,7-8,15H2,1H3. The van der Waals surface area contributed by atoms with Crippen LogP contribution < -0.4 is 10.6 Å². The van der Waals surface area contributed by atoms with Gasteiger partial charge < -0.3 is 10.6 Å². The van der Waals surface area contributed by atoms with E-state index in [9.17, 15) is 0 Å². The summed E-state index contributed by atoms with van der Waals surface area (Å²) in [6.07, 6.45) is 2.46. The Hall–Kier alpha value is -0.730. The number of nitrogens with zero attached hydrogens (tertiary/aromatic N) is 1. The molecule has 1 aliphatic heterocycles. The third-order valence-electron chi connectivity index (χ3n) is 4.32. The summed E-state index contributed by atoms with van der Waals surface area (Å²) in [6, 6.07) is 6.27. The summed E-state index contributed by atoms with van der Waals surface area (Å²) in [5, 5.41) is 0.844. The van der Waals surface area contributed by atoms with E-state index in [1.165, 1.54) is 24.1 Å². The van der Waals surface area contributed by atoms with Gasteiger partial charge in [-0.1, -0.05) is 11.6 Å². The van der Waals surface area contributed by atoms with Crippen molar-refractivity contribution >= 4 is 17.3 Å². The van der Waals surface area contributed by atoms with Crippen LogP contribution in [0.1, 0.15) is 18.4 Å². The Balaban J connectivity index is 2.10. The molecule has 16 heavy (non-hydrogen) atoms. The second-order valence-electron chi connectivity index (χ2n) is 5.13. The van der Waals surface area contributed by atoms with E-state index in [-0.39, 0.29) is 0 Å². The van der Waals surface area contributed by atoms with Gasteiger partial charge in [0.2, 0.25) is 0 Å². The fourth-order valence-electron chi connectivity index (χ4n) is 3.19. The molecule has 2 N–H and O–H groups in total. The predicted molar refractivity (Wildman–Crippen MR) is 68.2 cm³/mol. The van der Waals surface area contributed by atoms with Crippen molar-refractivity contribution in [3.05, 3.63) is 28.8 Å². The molecule has 2 aliphatic rings. The van der Waals surface area contributed by atoms with Crippen LogP contribution in [0.5, 0.6) is 0 Å². The third kappa shape index (κ3) is 1.30. The molecular formula is C13H17ClN2. The van der Waals surface area contributed by atoms with Crippen molar-refractivity contribution in [1.29, 1.82) is 0 Å². The topological polar surface area (TPSA) is 29.3 Å². The Labute approximate surface area is 101 Å². The zero-order valence-corrected chi connectivity index (χ0v) is 10.3. The van der Waals surface area contributed by atoms with Crippen LogP contribution in [0.15, 0.2) is 18.2 Å². The van der Waals surface area contributed by atoms with Gasteiger partial charge in [-0.15, -0.1) is 0 Å². The maximum Gasteiger partial charge on any atom is 0.0410 e. The number of fused-ring (bicyclic) bond motifs is 2. The molecule has 0 radical (unpaired) electrons. The SMILES string of the molecule is CN1CCC2(CC2CN)c2cc(Cl)ccc21. The fourth-order valence-corrected chi connectivity index (χ4v) is 3.36. The summed E-state index contributed by atoms with van der Waals surface area (Å²) in [5.74, 6) is 0.665. The number of hydrogen-bond donors (Lipinski definition) is 1. The van der Waals surface area contributed by atoms with Crippen LogP contribution in [-0.4, -0.2) is 20.1 Å². The molecule has 1 aromatic carbocycles. The lowest BCUT2D eigenvalue weighted by atomic mass is 9.85. The molecule has 86 valence electrons. The lowest BCUT2D eigenvalue weighted by Crippen LogP contribution is -2.32. The molecule has 2 atom stereocenters. The van der Waals surface area contributed by atoms with Gasteiger partial charge in [0.05, 0.1) is 0 Å². The van der Waals surface area contributed by atoms with Crippen LogP contribution in [0.25, 0.3) is 0 Å².